The molecule has 0 fully saturated rings. The van der Waals surface area contributed by atoms with E-state index in [-0.39, 0.29) is 12.6 Å². The molecule has 0 saturated carbocycles. The van der Waals surface area contributed by atoms with Crippen molar-refractivity contribution in [2.75, 3.05) is 6.61 Å². The van der Waals surface area contributed by atoms with Crippen LogP contribution in [0.5, 0.6) is 0 Å². The lowest BCUT2D eigenvalue weighted by molar-refractivity contribution is -0.146. The molecular formula is C14H19BrFNO2. The Kier molecular flexibility index (Phi) is 6.45. The molecule has 0 aromatic heterocycles. The van der Waals surface area contributed by atoms with Crippen molar-refractivity contribution >= 4 is 21.9 Å². The second-order valence-corrected chi connectivity index (χ2v) is 5.24. The molecule has 0 saturated heterocycles. The van der Waals surface area contributed by atoms with Gasteiger partial charge in [0.1, 0.15) is 11.9 Å². The van der Waals surface area contributed by atoms with E-state index in [1.165, 1.54) is 6.07 Å². The Hall–Kier alpha value is -0.940. The number of halogens is 2. The minimum atomic E-state index is -0.785. The number of benzene rings is 1. The van der Waals surface area contributed by atoms with Gasteiger partial charge in [-0.2, -0.15) is 0 Å². The van der Waals surface area contributed by atoms with E-state index in [2.05, 4.69) is 21.2 Å². The highest BCUT2D eigenvalue weighted by Crippen LogP contribution is 2.23. The van der Waals surface area contributed by atoms with Crippen molar-refractivity contribution in [3.63, 3.8) is 0 Å². The molecule has 5 heteroatoms. The van der Waals surface area contributed by atoms with Gasteiger partial charge >= 0.3 is 5.97 Å². The number of esters is 1. The summed E-state index contributed by atoms with van der Waals surface area (Å²) in [5.74, 6) is -0.878. The van der Waals surface area contributed by atoms with Crippen molar-refractivity contribution in [3.05, 3.63) is 34.1 Å². The number of ether oxygens (including phenoxy) is 1. The summed E-state index contributed by atoms with van der Waals surface area (Å²) in [5.41, 5.74) is 0.299. The van der Waals surface area contributed by atoms with Gasteiger partial charge in [-0.05, 0) is 38.5 Å². The molecule has 0 aliphatic carbocycles. The third-order valence-corrected chi connectivity index (χ3v) is 3.35. The van der Waals surface area contributed by atoms with Crippen LogP contribution in [0.3, 0.4) is 0 Å². The van der Waals surface area contributed by atoms with Crippen molar-refractivity contribution in [3.8, 4) is 0 Å². The smallest absolute Gasteiger partial charge is 0.327 e. The maximum Gasteiger partial charge on any atom is 0.327 e. The Morgan fingerprint density at radius 2 is 2.16 bits per heavy atom. The fraction of sp³-hybridized carbons (Fsp3) is 0.500. The van der Waals surface area contributed by atoms with Gasteiger partial charge in [-0.1, -0.05) is 22.9 Å². The van der Waals surface area contributed by atoms with Gasteiger partial charge in [0, 0.05) is 16.1 Å². The summed E-state index contributed by atoms with van der Waals surface area (Å²) in [5, 5.41) is 3.10. The van der Waals surface area contributed by atoms with Crippen LogP contribution in [0.2, 0.25) is 0 Å². The van der Waals surface area contributed by atoms with Crippen LogP contribution in [0.4, 0.5) is 4.39 Å². The predicted molar refractivity (Wildman–Crippen MR) is 76.4 cm³/mol. The topological polar surface area (TPSA) is 38.3 Å². The van der Waals surface area contributed by atoms with Gasteiger partial charge in [0.05, 0.1) is 6.61 Å². The number of carbonyl (C=O) groups is 1. The molecule has 1 rings (SSSR count). The molecular weight excluding hydrogens is 313 g/mol. The van der Waals surface area contributed by atoms with E-state index in [1.54, 1.807) is 19.1 Å². The first-order valence-electron chi connectivity index (χ1n) is 6.37. The fourth-order valence-electron chi connectivity index (χ4n) is 1.65. The summed E-state index contributed by atoms with van der Waals surface area (Å²) in [7, 11) is 0. The highest BCUT2D eigenvalue weighted by atomic mass is 79.9. The monoisotopic (exact) mass is 331 g/mol. The standard InChI is InChI=1S/C14H19BrFNO2/c1-4-9(3)17-13(14(18)19-5-2)11-8-10(15)6-7-12(11)16/h6-9,13,17H,4-5H2,1-3H3. The number of rotatable bonds is 6. The Balaban J connectivity index is 3.07. The highest BCUT2D eigenvalue weighted by molar-refractivity contribution is 9.10. The van der Waals surface area contributed by atoms with Gasteiger partial charge in [-0.25, -0.2) is 9.18 Å². The van der Waals surface area contributed by atoms with E-state index in [0.717, 1.165) is 10.9 Å². The van der Waals surface area contributed by atoms with Crippen LogP contribution in [0, 0.1) is 5.82 Å². The molecule has 0 amide bonds. The van der Waals surface area contributed by atoms with E-state index < -0.39 is 17.8 Å². The molecule has 3 nitrogen and oxygen atoms in total. The van der Waals surface area contributed by atoms with Crippen LogP contribution < -0.4 is 5.32 Å². The summed E-state index contributed by atoms with van der Waals surface area (Å²) in [6.07, 6.45) is 0.839. The van der Waals surface area contributed by atoms with Crippen molar-refractivity contribution < 1.29 is 13.9 Å². The third-order valence-electron chi connectivity index (χ3n) is 2.85. The molecule has 1 aromatic carbocycles. The summed E-state index contributed by atoms with van der Waals surface area (Å²) in [4.78, 5) is 12.0. The molecule has 0 radical (unpaired) electrons. The first-order valence-corrected chi connectivity index (χ1v) is 7.16. The molecule has 0 bridgehead atoms. The molecule has 2 atom stereocenters. The Bertz CT molecular complexity index is 439. The fourth-order valence-corrected chi connectivity index (χ4v) is 2.03. The molecule has 19 heavy (non-hydrogen) atoms. The number of hydrogen-bond donors (Lipinski definition) is 1. The number of nitrogens with one attached hydrogen (secondary N) is 1. The van der Waals surface area contributed by atoms with E-state index in [4.69, 9.17) is 4.74 Å². The normalized spacial score (nSPS) is 13.9. The molecule has 1 aromatic rings. The molecule has 106 valence electrons. The lowest BCUT2D eigenvalue weighted by Crippen LogP contribution is -2.36. The zero-order valence-corrected chi connectivity index (χ0v) is 13.0. The second-order valence-electron chi connectivity index (χ2n) is 4.33. The van der Waals surface area contributed by atoms with E-state index >= 15 is 0 Å². The van der Waals surface area contributed by atoms with E-state index in [1.807, 2.05) is 13.8 Å². The molecule has 0 aliphatic rings. The average molecular weight is 332 g/mol. The molecule has 0 spiro atoms. The number of hydrogen-bond acceptors (Lipinski definition) is 3. The van der Waals surface area contributed by atoms with Crippen molar-refractivity contribution in [2.45, 2.75) is 39.3 Å². The van der Waals surface area contributed by atoms with Crippen LogP contribution in [-0.2, 0) is 9.53 Å². The second kappa shape index (κ2) is 7.60. The zero-order valence-electron chi connectivity index (χ0n) is 11.4. The van der Waals surface area contributed by atoms with Gasteiger partial charge in [0.25, 0.3) is 0 Å². The summed E-state index contributed by atoms with van der Waals surface area (Å²) in [6.45, 7) is 5.95. The zero-order chi connectivity index (χ0) is 14.4. The van der Waals surface area contributed by atoms with Gasteiger partial charge in [-0.3, -0.25) is 5.32 Å². The molecule has 0 heterocycles. The van der Waals surface area contributed by atoms with Crippen LogP contribution in [-0.4, -0.2) is 18.6 Å². The molecule has 1 N–H and O–H groups in total. The lowest BCUT2D eigenvalue weighted by Gasteiger charge is -2.22. The third kappa shape index (κ3) is 4.58. The average Bonchev–Trinajstić information content (AvgIpc) is 2.39. The van der Waals surface area contributed by atoms with Gasteiger partial charge < -0.3 is 4.74 Å². The highest BCUT2D eigenvalue weighted by Gasteiger charge is 2.26. The van der Waals surface area contributed by atoms with Crippen molar-refractivity contribution in [1.29, 1.82) is 0 Å². The van der Waals surface area contributed by atoms with Crippen LogP contribution in [0.1, 0.15) is 38.8 Å². The first-order chi connectivity index (χ1) is 8.99. The largest absolute Gasteiger partial charge is 0.465 e. The summed E-state index contributed by atoms with van der Waals surface area (Å²) < 4.78 is 19.6. The van der Waals surface area contributed by atoms with E-state index in [9.17, 15) is 9.18 Å². The first kappa shape index (κ1) is 16.1. The van der Waals surface area contributed by atoms with Gasteiger partial charge in [-0.15, -0.1) is 0 Å². The van der Waals surface area contributed by atoms with Gasteiger partial charge in [0.2, 0.25) is 0 Å². The molecule has 2 unspecified atom stereocenters. The summed E-state index contributed by atoms with van der Waals surface area (Å²) in [6, 6.07) is 3.85. The van der Waals surface area contributed by atoms with Crippen molar-refractivity contribution in [1.82, 2.24) is 5.32 Å². The minimum absolute atomic E-state index is 0.0905. The minimum Gasteiger partial charge on any atom is -0.465 e. The maximum atomic E-state index is 13.9. The van der Waals surface area contributed by atoms with Crippen molar-refractivity contribution in [2.24, 2.45) is 0 Å². The summed E-state index contributed by atoms with van der Waals surface area (Å²) >= 11 is 3.29. The lowest BCUT2D eigenvalue weighted by atomic mass is 10.0. The Morgan fingerprint density at radius 1 is 1.47 bits per heavy atom. The quantitative estimate of drug-likeness (QED) is 0.809. The van der Waals surface area contributed by atoms with Crippen LogP contribution in [0.25, 0.3) is 0 Å². The maximum absolute atomic E-state index is 13.9. The Morgan fingerprint density at radius 3 is 2.74 bits per heavy atom. The van der Waals surface area contributed by atoms with Crippen LogP contribution in [0.15, 0.2) is 22.7 Å². The van der Waals surface area contributed by atoms with Gasteiger partial charge in [0.15, 0.2) is 0 Å². The Labute approximate surface area is 121 Å². The predicted octanol–water partition coefficient (Wildman–Crippen LogP) is 3.58. The molecule has 0 aliphatic heterocycles. The SMILES string of the molecule is CCOC(=O)C(NC(C)CC)c1cc(Br)ccc1F. The number of carbonyl (C=O) groups excluding carboxylic acids is 1. The van der Waals surface area contributed by atoms with E-state index in [0.29, 0.717) is 5.56 Å². The van der Waals surface area contributed by atoms with Crippen LogP contribution >= 0.6 is 15.9 Å².